The van der Waals surface area contributed by atoms with Crippen molar-refractivity contribution in [3.05, 3.63) is 45.8 Å². The van der Waals surface area contributed by atoms with E-state index in [2.05, 4.69) is 0 Å². The summed E-state index contributed by atoms with van der Waals surface area (Å²) in [6, 6.07) is 4.61. The molecule has 0 bridgehead atoms. The molecule has 1 aliphatic heterocycles. The molecular formula is C32H36F2N2O9S. The van der Waals surface area contributed by atoms with E-state index in [1.807, 2.05) is 0 Å². The number of carbonyl (C=O) groups is 4. The van der Waals surface area contributed by atoms with Crippen LogP contribution < -0.4 is 24.7 Å². The first-order valence-electron chi connectivity index (χ1n) is 14.7. The van der Waals surface area contributed by atoms with Gasteiger partial charge >= 0.3 is 5.97 Å². The van der Waals surface area contributed by atoms with Crippen LogP contribution in [0.2, 0.25) is 0 Å². The zero-order chi connectivity index (χ0) is 33.4. The molecule has 1 atom stereocenters. The lowest BCUT2D eigenvalue weighted by atomic mass is 10.1. The minimum absolute atomic E-state index is 0.00379. The van der Waals surface area contributed by atoms with Gasteiger partial charge in [0.1, 0.15) is 12.4 Å². The molecule has 0 aliphatic carbocycles. The number of hydrogen-bond donors (Lipinski definition) is 1. The molecule has 2 N–H and O–H groups in total. The lowest BCUT2D eigenvalue weighted by Gasteiger charge is -2.15. The van der Waals surface area contributed by atoms with Gasteiger partial charge in [0.2, 0.25) is 5.91 Å². The summed E-state index contributed by atoms with van der Waals surface area (Å²) in [5.74, 6) is -2.41. The van der Waals surface area contributed by atoms with Gasteiger partial charge in [0.05, 0.1) is 38.7 Å². The number of fused-ring (bicyclic) bond motifs is 2. The number of halogens is 2. The van der Waals surface area contributed by atoms with Crippen LogP contribution in [0.5, 0.6) is 23.0 Å². The van der Waals surface area contributed by atoms with Gasteiger partial charge in [0.15, 0.2) is 40.4 Å². The van der Waals surface area contributed by atoms with Crippen LogP contribution in [0.25, 0.3) is 10.1 Å². The van der Waals surface area contributed by atoms with Crippen molar-refractivity contribution in [2.24, 2.45) is 5.73 Å². The van der Waals surface area contributed by atoms with Crippen molar-refractivity contribution in [2.45, 2.75) is 58.2 Å². The van der Waals surface area contributed by atoms with Crippen LogP contribution in [0.4, 0.5) is 8.78 Å². The Morgan fingerprint density at radius 2 is 1.65 bits per heavy atom. The second-order valence-corrected chi connectivity index (χ2v) is 11.7. The van der Waals surface area contributed by atoms with Crippen LogP contribution in [0.3, 0.4) is 0 Å². The van der Waals surface area contributed by atoms with Gasteiger partial charge in [-0.05, 0) is 24.6 Å². The molecule has 1 aliphatic rings. The van der Waals surface area contributed by atoms with Gasteiger partial charge in [-0.1, -0.05) is 0 Å². The smallest absolute Gasteiger partial charge is 0.306 e. The molecule has 46 heavy (non-hydrogen) atoms. The Hall–Kier alpha value is -4.30. The van der Waals surface area contributed by atoms with E-state index < -0.39 is 23.7 Å². The number of benzene rings is 2. The summed E-state index contributed by atoms with van der Waals surface area (Å²) >= 11 is 1.08. The molecule has 0 saturated carbocycles. The van der Waals surface area contributed by atoms with Gasteiger partial charge < -0.3 is 39.1 Å². The summed E-state index contributed by atoms with van der Waals surface area (Å²) in [6.45, 7) is 2.08. The molecule has 11 nitrogen and oxygen atoms in total. The van der Waals surface area contributed by atoms with Gasteiger partial charge in [-0.3, -0.25) is 14.4 Å². The Morgan fingerprint density at radius 3 is 2.30 bits per heavy atom. The number of methoxy groups -OCH3 is 2. The predicted octanol–water partition coefficient (Wildman–Crippen LogP) is 4.72. The van der Waals surface area contributed by atoms with E-state index in [9.17, 15) is 19.2 Å². The van der Waals surface area contributed by atoms with Crippen molar-refractivity contribution < 1.29 is 51.6 Å². The molecule has 1 unspecified atom stereocenters. The van der Waals surface area contributed by atoms with Crippen LogP contribution >= 0.6 is 11.3 Å². The second kappa shape index (κ2) is 15.8. The van der Waals surface area contributed by atoms with E-state index in [-0.39, 0.29) is 110 Å². The highest BCUT2D eigenvalue weighted by Gasteiger charge is 2.30. The highest BCUT2D eigenvalue weighted by Crippen LogP contribution is 2.41. The van der Waals surface area contributed by atoms with Gasteiger partial charge in [0.25, 0.3) is 0 Å². The monoisotopic (exact) mass is 662 g/mol. The maximum atomic E-state index is 15.6. The standard InChI is InChI=1S/C32H36F2N2O9S/c1-18(15-35)45-28(40)8-7-22(38)26-13-20-25(46-26)14-24(42-3)32(29(20)33)44-11-5-10-43-31-23(41-2)12-19-16-36(17-21(19)30(31)34)27(39)6-4-9-37/h9,12-14,18H,4-8,10-11,15-17,35H2,1-3H3. The quantitative estimate of drug-likeness (QED) is 0.0934. The predicted molar refractivity (Wildman–Crippen MR) is 165 cm³/mol. The lowest BCUT2D eigenvalue weighted by molar-refractivity contribution is -0.147. The Morgan fingerprint density at radius 1 is 0.978 bits per heavy atom. The molecule has 0 radical (unpaired) electrons. The molecule has 1 aromatic heterocycles. The van der Waals surface area contributed by atoms with Gasteiger partial charge in [-0.2, -0.15) is 0 Å². The van der Waals surface area contributed by atoms with Gasteiger partial charge in [-0.15, -0.1) is 11.3 Å². The van der Waals surface area contributed by atoms with Crippen LogP contribution in [-0.4, -0.2) is 68.9 Å². The van der Waals surface area contributed by atoms with E-state index in [1.54, 1.807) is 19.1 Å². The fourth-order valence-corrected chi connectivity index (χ4v) is 5.92. The number of nitrogens with two attached hydrogens (primary N) is 1. The van der Waals surface area contributed by atoms with Crippen LogP contribution in [0.1, 0.15) is 59.8 Å². The second-order valence-electron chi connectivity index (χ2n) is 10.6. The number of aldehydes is 1. The summed E-state index contributed by atoms with van der Waals surface area (Å²) in [6.07, 6.45) is 0.382. The van der Waals surface area contributed by atoms with E-state index in [0.29, 0.717) is 22.1 Å². The third kappa shape index (κ3) is 7.91. The number of nitrogens with zero attached hydrogens (tertiary/aromatic N) is 1. The Kier molecular flexibility index (Phi) is 11.9. The van der Waals surface area contributed by atoms with Crippen molar-refractivity contribution in [1.29, 1.82) is 0 Å². The first-order valence-corrected chi connectivity index (χ1v) is 15.5. The summed E-state index contributed by atoms with van der Waals surface area (Å²) in [5.41, 5.74) is 6.36. The number of amides is 1. The number of Topliss-reactive ketones (excluding diaryl/α,β-unsaturated/α-hetero) is 1. The van der Waals surface area contributed by atoms with Crippen molar-refractivity contribution in [2.75, 3.05) is 34.0 Å². The number of esters is 1. The fourth-order valence-electron chi connectivity index (χ4n) is 4.86. The summed E-state index contributed by atoms with van der Waals surface area (Å²) < 4.78 is 58.6. The Bertz CT molecular complexity index is 1610. The average Bonchev–Trinajstić information content (AvgIpc) is 3.69. The maximum Gasteiger partial charge on any atom is 0.306 e. The third-order valence-corrected chi connectivity index (χ3v) is 8.44. The van der Waals surface area contributed by atoms with E-state index >= 15 is 8.78 Å². The SMILES string of the molecule is COc1cc2c(c(F)c1OCCCOc1c(OC)cc3sc(C(=O)CCC(=O)OC(C)CN)cc3c1F)CN(C(=O)CCC=O)C2. The summed E-state index contributed by atoms with van der Waals surface area (Å²) in [4.78, 5) is 49.3. The highest BCUT2D eigenvalue weighted by atomic mass is 32.1. The van der Waals surface area contributed by atoms with Crippen molar-refractivity contribution >= 4 is 45.4 Å². The molecule has 1 amide bonds. The summed E-state index contributed by atoms with van der Waals surface area (Å²) in [7, 11) is 2.75. The zero-order valence-electron chi connectivity index (χ0n) is 25.8. The molecule has 0 saturated heterocycles. The minimum Gasteiger partial charge on any atom is -0.493 e. The van der Waals surface area contributed by atoms with Gasteiger partial charge in [-0.25, -0.2) is 8.78 Å². The number of rotatable bonds is 17. The molecule has 14 heteroatoms. The molecule has 3 aromatic rings. The molecule has 4 rings (SSSR count). The van der Waals surface area contributed by atoms with Gasteiger partial charge in [0, 0.05) is 67.0 Å². The molecule has 248 valence electrons. The third-order valence-electron chi connectivity index (χ3n) is 7.32. The normalized spacial score (nSPS) is 12.9. The Balaban J connectivity index is 1.37. The van der Waals surface area contributed by atoms with E-state index in [1.165, 1.54) is 25.2 Å². The molecule has 0 fully saturated rings. The van der Waals surface area contributed by atoms with Crippen LogP contribution in [0, 0.1) is 11.6 Å². The first-order chi connectivity index (χ1) is 22.1. The van der Waals surface area contributed by atoms with Crippen LogP contribution in [0.15, 0.2) is 18.2 Å². The fraction of sp³-hybridized carbons (Fsp3) is 0.438. The number of hydrogen-bond acceptors (Lipinski definition) is 11. The maximum absolute atomic E-state index is 15.6. The topological polar surface area (TPSA) is 144 Å². The van der Waals surface area contributed by atoms with Crippen LogP contribution in [-0.2, 0) is 32.2 Å². The average molecular weight is 663 g/mol. The minimum atomic E-state index is -0.708. The Labute approximate surface area is 268 Å². The largest absolute Gasteiger partial charge is 0.493 e. The first kappa shape index (κ1) is 34.6. The number of ketones is 1. The summed E-state index contributed by atoms with van der Waals surface area (Å²) in [5, 5.41) is 0.170. The number of carbonyl (C=O) groups excluding carboxylic acids is 4. The lowest BCUT2D eigenvalue weighted by Crippen LogP contribution is -2.25. The van der Waals surface area contributed by atoms with Crippen molar-refractivity contribution in [3.63, 3.8) is 0 Å². The zero-order valence-corrected chi connectivity index (χ0v) is 26.6. The number of ether oxygens (including phenoxy) is 5. The highest BCUT2D eigenvalue weighted by molar-refractivity contribution is 7.20. The molecule has 2 heterocycles. The number of thiophene rings is 1. The molecule has 2 aromatic carbocycles. The molecule has 0 spiro atoms. The van der Waals surface area contributed by atoms with Crippen molar-refractivity contribution in [1.82, 2.24) is 4.90 Å². The van der Waals surface area contributed by atoms with E-state index in [0.717, 1.165) is 11.3 Å². The molecular weight excluding hydrogens is 626 g/mol. The van der Waals surface area contributed by atoms with E-state index in [4.69, 9.17) is 29.4 Å². The van der Waals surface area contributed by atoms with Crippen molar-refractivity contribution in [3.8, 4) is 23.0 Å².